The minimum absolute atomic E-state index is 0.168. The summed E-state index contributed by atoms with van der Waals surface area (Å²) in [6.07, 6.45) is 0. The third kappa shape index (κ3) is 4.11. The molecule has 0 saturated carbocycles. The first kappa shape index (κ1) is 21.3. The van der Waals surface area contributed by atoms with E-state index in [0.717, 1.165) is 11.9 Å². The van der Waals surface area contributed by atoms with E-state index in [2.05, 4.69) is 20.6 Å². The Labute approximate surface area is 181 Å². The van der Waals surface area contributed by atoms with E-state index in [-0.39, 0.29) is 17.0 Å². The summed E-state index contributed by atoms with van der Waals surface area (Å²) in [6, 6.07) is 12.1. The number of rotatable bonds is 5. The molecule has 2 aromatic carbocycles. The zero-order chi connectivity index (χ0) is 23.0. The summed E-state index contributed by atoms with van der Waals surface area (Å²) in [5.74, 6) is -4.76. The summed E-state index contributed by atoms with van der Waals surface area (Å²) < 4.78 is 32.6. The SMILES string of the molecule is CC1=NN(c2cccc(-c3nnc(C)o3)c2)C(=O)C1C(=O)Nc1cccc(C(C)(F)F)c1. The molecule has 1 unspecified atom stereocenters. The lowest BCUT2D eigenvalue weighted by Crippen LogP contribution is -2.36. The number of anilines is 2. The molecule has 8 nitrogen and oxygen atoms in total. The van der Waals surface area contributed by atoms with Crippen LogP contribution in [0.4, 0.5) is 20.2 Å². The molecule has 1 aliphatic heterocycles. The van der Waals surface area contributed by atoms with Crippen molar-refractivity contribution in [2.75, 3.05) is 10.3 Å². The number of alkyl halides is 2. The number of hydrogen-bond acceptors (Lipinski definition) is 6. The van der Waals surface area contributed by atoms with Crippen LogP contribution in [0.2, 0.25) is 0 Å². The predicted octanol–water partition coefficient (Wildman–Crippen LogP) is 4.13. The van der Waals surface area contributed by atoms with E-state index in [9.17, 15) is 18.4 Å². The van der Waals surface area contributed by atoms with Crippen molar-refractivity contribution >= 4 is 28.9 Å². The molecule has 1 N–H and O–H groups in total. The molecule has 0 radical (unpaired) electrons. The molecule has 0 fully saturated rings. The lowest BCUT2D eigenvalue weighted by molar-refractivity contribution is -0.127. The molecule has 0 spiro atoms. The number of carbonyl (C=O) groups excluding carboxylic acids is 2. The number of hydrogen-bond donors (Lipinski definition) is 1. The topological polar surface area (TPSA) is 101 Å². The maximum absolute atomic E-state index is 13.6. The molecular formula is C22H19F2N5O3. The first-order valence-electron chi connectivity index (χ1n) is 9.72. The van der Waals surface area contributed by atoms with Gasteiger partial charge in [-0.25, -0.2) is 8.78 Å². The average molecular weight is 439 g/mol. The number of benzene rings is 2. The second-order valence-corrected chi connectivity index (χ2v) is 7.46. The molecule has 32 heavy (non-hydrogen) atoms. The molecule has 1 aliphatic rings. The molecule has 0 aliphatic carbocycles. The van der Waals surface area contributed by atoms with Gasteiger partial charge in [0.1, 0.15) is 0 Å². The van der Waals surface area contributed by atoms with Crippen LogP contribution in [0.25, 0.3) is 11.5 Å². The van der Waals surface area contributed by atoms with Crippen molar-refractivity contribution in [1.82, 2.24) is 10.2 Å². The van der Waals surface area contributed by atoms with Gasteiger partial charge < -0.3 is 9.73 Å². The number of carbonyl (C=O) groups is 2. The molecule has 0 bridgehead atoms. The Kier molecular flexibility index (Phi) is 5.29. The van der Waals surface area contributed by atoms with E-state index in [0.29, 0.717) is 23.0 Å². The third-order valence-corrected chi connectivity index (χ3v) is 4.89. The van der Waals surface area contributed by atoms with Crippen molar-refractivity contribution < 1.29 is 22.8 Å². The van der Waals surface area contributed by atoms with Crippen LogP contribution >= 0.6 is 0 Å². The highest BCUT2D eigenvalue weighted by molar-refractivity contribution is 6.28. The molecule has 3 aromatic rings. The second-order valence-electron chi connectivity index (χ2n) is 7.46. The van der Waals surface area contributed by atoms with Gasteiger partial charge in [-0.15, -0.1) is 10.2 Å². The monoisotopic (exact) mass is 439 g/mol. The molecule has 1 atom stereocenters. The molecule has 164 valence electrons. The molecule has 4 rings (SSSR count). The van der Waals surface area contributed by atoms with Gasteiger partial charge >= 0.3 is 0 Å². The zero-order valence-corrected chi connectivity index (χ0v) is 17.5. The Balaban J connectivity index is 1.55. The van der Waals surface area contributed by atoms with Gasteiger partial charge in [0.25, 0.3) is 11.8 Å². The maximum Gasteiger partial charge on any atom is 0.270 e. The second kappa shape index (κ2) is 7.95. The molecular weight excluding hydrogens is 420 g/mol. The van der Waals surface area contributed by atoms with E-state index in [1.165, 1.54) is 24.3 Å². The van der Waals surface area contributed by atoms with Crippen molar-refractivity contribution in [3.63, 3.8) is 0 Å². The standard InChI is InChI=1S/C22H19F2N5O3/c1-12-18(19(30)25-16-8-5-7-15(11-16)22(3,23)24)21(31)29(28-12)17-9-4-6-14(10-17)20-27-26-13(2)32-20/h4-11,18H,1-3H3,(H,25,30). The highest BCUT2D eigenvalue weighted by Crippen LogP contribution is 2.30. The highest BCUT2D eigenvalue weighted by atomic mass is 19.3. The first-order chi connectivity index (χ1) is 15.1. The number of aryl methyl sites for hydroxylation is 1. The van der Waals surface area contributed by atoms with Gasteiger partial charge in [0.2, 0.25) is 17.7 Å². The van der Waals surface area contributed by atoms with Gasteiger partial charge in [0, 0.05) is 30.7 Å². The van der Waals surface area contributed by atoms with Crippen LogP contribution in [-0.2, 0) is 15.5 Å². The van der Waals surface area contributed by atoms with Crippen molar-refractivity contribution in [3.8, 4) is 11.5 Å². The summed E-state index contributed by atoms with van der Waals surface area (Å²) in [5.41, 5.74) is 1.22. The maximum atomic E-state index is 13.6. The Hall–Kier alpha value is -3.95. The number of halogens is 2. The van der Waals surface area contributed by atoms with Crippen molar-refractivity contribution in [3.05, 3.63) is 60.0 Å². The minimum Gasteiger partial charge on any atom is -0.421 e. The summed E-state index contributed by atoms with van der Waals surface area (Å²) >= 11 is 0. The fourth-order valence-corrected chi connectivity index (χ4v) is 3.32. The molecule has 2 heterocycles. The van der Waals surface area contributed by atoms with Crippen LogP contribution in [0.5, 0.6) is 0 Å². The lowest BCUT2D eigenvalue weighted by Gasteiger charge is -2.16. The number of aromatic nitrogens is 2. The number of hydrazone groups is 1. The fourth-order valence-electron chi connectivity index (χ4n) is 3.32. The van der Waals surface area contributed by atoms with Gasteiger partial charge in [0.05, 0.1) is 11.4 Å². The molecule has 2 amide bonds. The molecule has 10 heteroatoms. The summed E-state index contributed by atoms with van der Waals surface area (Å²) in [7, 11) is 0. The molecule has 0 saturated heterocycles. The van der Waals surface area contributed by atoms with Crippen molar-refractivity contribution in [2.24, 2.45) is 11.0 Å². The smallest absolute Gasteiger partial charge is 0.270 e. The van der Waals surface area contributed by atoms with Crippen LogP contribution in [0.15, 0.2) is 58.0 Å². The van der Waals surface area contributed by atoms with Gasteiger partial charge in [-0.05, 0) is 37.3 Å². The average Bonchev–Trinajstić information content (AvgIpc) is 3.30. The Morgan fingerprint density at radius 2 is 1.88 bits per heavy atom. The zero-order valence-electron chi connectivity index (χ0n) is 17.5. The van der Waals surface area contributed by atoms with Crippen LogP contribution < -0.4 is 10.3 Å². The quantitative estimate of drug-likeness (QED) is 0.603. The number of nitrogens with zero attached hydrogens (tertiary/aromatic N) is 4. The van der Waals surface area contributed by atoms with Crippen molar-refractivity contribution in [1.29, 1.82) is 0 Å². The highest BCUT2D eigenvalue weighted by Gasteiger charge is 2.40. The van der Waals surface area contributed by atoms with Crippen LogP contribution in [0, 0.1) is 12.8 Å². The lowest BCUT2D eigenvalue weighted by atomic mass is 10.0. The Morgan fingerprint density at radius 1 is 1.12 bits per heavy atom. The van der Waals surface area contributed by atoms with Gasteiger partial charge in [0.15, 0.2) is 5.92 Å². The number of nitrogens with one attached hydrogen (secondary N) is 1. The number of amides is 2. The van der Waals surface area contributed by atoms with E-state index in [1.807, 2.05) is 0 Å². The van der Waals surface area contributed by atoms with E-state index in [1.54, 1.807) is 38.1 Å². The molecule has 1 aromatic heterocycles. The van der Waals surface area contributed by atoms with Crippen molar-refractivity contribution in [2.45, 2.75) is 26.7 Å². The summed E-state index contributed by atoms with van der Waals surface area (Å²) in [4.78, 5) is 25.8. The predicted molar refractivity (Wildman–Crippen MR) is 113 cm³/mol. The van der Waals surface area contributed by atoms with Crippen LogP contribution in [-0.4, -0.2) is 27.7 Å². The van der Waals surface area contributed by atoms with Crippen LogP contribution in [0.1, 0.15) is 25.3 Å². The third-order valence-electron chi connectivity index (χ3n) is 4.89. The van der Waals surface area contributed by atoms with Gasteiger partial charge in [-0.1, -0.05) is 18.2 Å². The largest absolute Gasteiger partial charge is 0.421 e. The Bertz CT molecular complexity index is 1230. The Morgan fingerprint density at radius 3 is 2.56 bits per heavy atom. The summed E-state index contributed by atoms with van der Waals surface area (Å²) in [5, 5.41) is 15.6. The summed E-state index contributed by atoms with van der Waals surface area (Å²) in [6.45, 7) is 4.00. The van der Waals surface area contributed by atoms with E-state index >= 15 is 0 Å². The van der Waals surface area contributed by atoms with E-state index in [4.69, 9.17) is 4.42 Å². The van der Waals surface area contributed by atoms with Crippen LogP contribution in [0.3, 0.4) is 0 Å². The normalized spacial score (nSPS) is 16.3. The van der Waals surface area contributed by atoms with Gasteiger partial charge in [-0.2, -0.15) is 10.1 Å². The fraction of sp³-hybridized carbons (Fsp3) is 0.227. The minimum atomic E-state index is -3.06. The van der Waals surface area contributed by atoms with Gasteiger partial charge in [-0.3, -0.25) is 9.59 Å². The first-order valence-corrected chi connectivity index (χ1v) is 9.72. The van der Waals surface area contributed by atoms with E-state index < -0.39 is 23.7 Å².